The third-order valence-electron chi connectivity index (χ3n) is 5.13. The Morgan fingerprint density at radius 2 is 1.70 bits per heavy atom. The lowest BCUT2D eigenvalue weighted by atomic mass is 9.64. The molecule has 2 amide bonds. The SMILES string of the molecule is COc1ccc(NC(=O)C2(c3ccc(F)cc3)CCC2)cc1NC(=O)OC(C)(C)C. The topological polar surface area (TPSA) is 76.7 Å². The number of hydrogen-bond acceptors (Lipinski definition) is 4. The highest BCUT2D eigenvalue weighted by Gasteiger charge is 2.45. The van der Waals surface area contributed by atoms with Crippen molar-refractivity contribution in [2.24, 2.45) is 0 Å². The smallest absolute Gasteiger partial charge is 0.412 e. The molecule has 2 aromatic rings. The molecule has 2 aromatic carbocycles. The minimum Gasteiger partial charge on any atom is -0.495 e. The Morgan fingerprint density at radius 1 is 1.03 bits per heavy atom. The lowest BCUT2D eigenvalue weighted by Gasteiger charge is -2.40. The van der Waals surface area contributed by atoms with Crippen LogP contribution in [0.1, 0.15) is 45.6 Å². The molecule has 0 bridgehead atoms. The summed E-state index contributed by atoms with van der Waals surface area (Å²) in [5.74, 6) is -0.0499. The first kappa shape index (κ1) is 21.6. The number of benzene rings is 2. The Balaban J connectivity index is 1.79. The molecule has 0 unspecified atom stereocenters. The van der Waals surface area contributed by atoms with Crippen LogP contribution in [-0.2, 0) is 14.9 Å². The molecular formula is C23H27FN2O4. The van der Waals surface area contributed by atoms with E-state index in [1.807, 2.05) is 0 Å². The molecule has 0 aliphatic heterocycles. The van der Waals surface area contributed by atoms with Crippen LogP contribution < -0.4 is 15.4 Å². The van der Waals surface area contributed by atoms with Gasteiger partial charge in [-0.1, -0.05) is 18.6 Å². The zero-order valence-electron chi connectivity index (χ0n) is 17.7. The Morgan fingerprint density at radius 3 is 2.23 bits per heavy atom. The van der Waals surface area contributed by atoms with E-state index in [1.165, 1.54) is 19.2 Å². The van der Waals surface area contributed by atoms with Crippen molar-refractivity contribution >= 4 is 23.4 Å². The van der Waals surface area contributed by atoms with Crippen molar-refractivity contribution in [1.82, 2.24) is 0 Å². The third-order valence-corrected chi connectivity index (χ3v) is 5.13. The summed E-state index contributed by atoms with van der Waals surface area (Å²) in [5.41, 5.74) is 0.379. The van der Waals surface area contributed by atoms with E-state index in [0.717, 1.165) is 12.0 Å². The predicted molar refractivity (Wildman–Crippen MR) is 113 cm³/mol. The van der Waals surface area contributed by atoms with Gasteiger partial charge in [-0.05, 0) is 69.5 Å². The highest BCUT2D eigenvalue weighted by Crippen LogP contribution is 2.45. The molecule has 1 aliphatic carbocycles. The van der Waals surface area contributed by atoms with E-state index in [-0.39, 0.29) is 11.7 Å². The molecule has 1 fully saturated rings. The first-order valence-electron chi connectivity index (χ1n) is 9.88. The van der Waals surface area contributed by atoms with Crippen molar-refractivity contribution in [3.05, 3.63) is 53.8 Å². The fourth-order valence-corrected chi connectivity index (χ4v) is 3.49. The van der Waals surface area contributed by atoms with E-state index < -0.39 is 17.1 Å². The molecule has 0 spiro atoms. The van der Waals surface area contributed by atoms with E-state index >= 15 is 0 Å². The normalized spacial score (nSPS) is 15.0. The Bertz CT molecular complexity index is 931. The zero-order valence-corrected chi connectivity index (χ0v) is 17.7. The fourth-order valence-electron chi connectivity index (χ4n) is 3.49. The fraction of sp³-hybridized carbons (Fsp3) is 0.391. The molecule has 1 saturated carbocycles. The second-order valence-electron chi connectivity index (χ2n) is 8.44. The van der Waals surface area contributed by atoms with Crippen molar-refractivity contribution in [3.8, 4) is 5.75 Å². The second kappa shape index (κ2) is 8.34. The van der Waals surface area contributed by atoms with Crippen molar-refractivity contribution in [2.45, 2.75) is 51.0 Å². The maximum absolute atomic E-state index is 13.3. The number of hydrogen-bond donors (Lipinski definition) is 2. The summed E-state index contributed by atoms with van der Waals surface area (Å²) in [4.78, 5) is 25.3. The maximum Gasteiger partial charge on any atom is 0.412 e. The van der Waals surface area contributed by atoms with Crippen LogP contribution in [0.15, 0.2) is 42.5 Å². The predicted octanol–water partition coefficient (Wildman–Crippen LogP) is 5.24. The molecule has 0 atom stereocenters. The van der Waals surface area contributed by atoms with Gasteiger partial charge in [-0.15, -0.1) is 0 Å². The number of anilines is 2. The standard InChI is InChI=1S/C23H27FN2O4/c1-22(2,3)30-21(28)26-18-14-17(10-11-19(18)29-4)25-20(27)23(12-5-13-23)15-6-8-16(24)9-7-15/h6-11,14H,5,12-13H2,1-4H3,(H,25,27)(H,26,28). The Labute approximate surface area is 175 Å². The van der Waals surface area contributed by atoms with Gasteiger partial charge in [0.1, 0.15) is 17.2 Å². The molecule has 0 saturated heterocycles. The molecule has 0 heterocycles. The number of carbonyl (C=O) groups excluding carboxylic acids is 2. The van der Waals surface area contributed by atoms with Gasteiger partial charge in [-0.3, -0.25) is 10.1 Å². The molecule has 0 aromatic heterocycles. The van der Waals surface area contributed by atoms with Crippen LogP contribution in [0.4, 0.5) is 20.6 Å². The van der Waals surface area contributed by atoms with E-state index in [0.29, 0.717) is 30.0 Å². The number of amides is 2. The monoisotopic (exact) mass is 414 g/mol. The quantitative estimate of drug-likeness (QED) is 0.701. The number of methoxy groups -OCH3 is 1. The van der Waals surface area contributed by atoms with Crippen LogP contribution in [0.2, 0.25) is 0 Å². The summed E-state index contributed by atoms with van der Waals surface area (Å²) in [6.07, 6.45) is 1.71. The van der Waals surface area contributed by atoms with Crippen LogP contribution in [0.5, 0.6) is 5.75 Å². The van der Waals surface area contributed by atoms with Crippen molar-refractivity contribution in [3.63, 3.8) is 0 Å². The van der Waals surface area contributed by atoms with E-state index in [2.05, 4.69) is 10.6 Å². The van der Waals surface area contributed by atoms with Crippen LogP contribution in [0.3, 0.4) is 0 Å². The van der Waals surface area contributed by atoms with Gasteiger partial charge in [0, 0.05) is 5.69 Å². The number of rotatable bonds is 5. The number of nitrogens with one attached hydrogen (secondary N) is 2. The van der Waals surface area contributed by atoms with Crippen molar-refractivity contribution < 1.29 is 23.5 Å². The molecule has 2 N–H and O–H groups in total. The lowest BCUT2D eigenvalue weighted by Crippen LogP contribution is -2.46. The summed E-state index contributed by atoms with van der Waals surface area (Å²) < 4.78 is 23.9. The number of carbonyl (C=O) groups is 2. The van der Waals surface area contributed by atoms with Crippen LogP contribution >= 0.6 is 0 Å². The molecule has 160 valence electrons. The van der Waals surface area contributed by atoms with Crippen LogP contribution in [-0.4, -0.2) is 24.7 Å². The van der Waals surface area contributed by atoms with Crippen LogP contribution in [0.25, 0.3) is 0 Å². The minimum atomic E-state index is -0.674. The van der Waals surface area contributed by atoms with E-state index in [4.69, 9.17) is 9.47 Å². The van der Waals surface area contributed by atoms with Gasteiger partial charge in [0.05, 0.1) is 18.2 Å². The molecule has 30 heavy (non-hydrogen) atoms. The summed E-state index contributed by atoms with van der Waals surface area (Å²) in [6.45, 7) is 5.32. The molecule has 1 aliphatic rings. The highest BCUT2D eigenvalue weighted by atomic mass is 19.1. The molecule has 3 rings (SSSR count). The van der Waals surface area contributed by atoms with Gasteiger partial charge >= 0.3 is 6.09 Å². The second-order valence-corrected chi connectivity index (χ2v) is 8.44. The maximum atomic E-state index is 13.3. The Kier molecular flexibility index (Phi) is 6.01. The van der Waals surface area contributed by atoms with Gasteiger partial charge < -0.3 is 14.8 Å². The first-order chi connectivity index (χ1) is 14.1. The van der Waals surface area contributed by atoms with E-state index in [9.17, 15) is 14.0 Å². The summed E-state index contributed by atoms with van der Waals surface area (Å²) >= 11 is 0. The van der Waals surface area contributed by atoms with Gasteiger partial charge in [-0.25, -0.2) is 9.18 Å². The molecular weight excluding hydrogens is 387 g/mol. The number of halogens is 1. The number of ether oxygens (including phenoxy) is 2. The molecule has 0 radical (unpaired) electrons. The average Bonchev–Trinajstić information content (AvgIpc) is 2.61. The van der Waals surface area contributed by atoms with Gasteiger partial charge in [0.2, 0.25) is 5.91 Å². The average molecular weight is 414 g/mol. The third kappa shape index (κ3) is 4.72. The summed E-state index contributed by atoms with van der Waals surface area (Å²) in [5, 5.41) is 5.59. The van der Waals surface area contributed by atoms with Gasteiger partial charge in [-0.2, -0.15) is 0 Å². The largest absolute Gasteiger partial charge is 0.495 e. The Hall–Kier alpha value is -3.09. The van der Waals surface area contributed by atoms with Gasteiger partial charge in [0.25, 0.3) is 0 Å². The van der Waals surface area contributed by atoms with Crippen molar-refractivity contribution in [2.75, 3.05) is 17.7 Å². The first-order valence-corrected chi connectivity index (χ1v) is 9.88. The van der Waals surface area contributed by atoms with Crippen molar-refractivity contribution in [1.29, 1.82) is 0 Å². The van der Waals surface area contributed by atoms with Gasteiger partial charge in [0.15, 0.2) is 0 Å². The summed E-state index contributed by atoms with van der Waals surface area (Å²) in [7, 11) is 1.49. The molecule has 7 heteroatoms. The zero-order chi connectivity index (χ0) is 21.9. The highest BCUT2D eigenvalue weighted by molar-refractivity contribution is 6.00. The minimum absolute atomic E-state index is 0.159. The van der Waals surface area contributed by atoms with Crippen LogP contribution in [0, 0.1) is 5.82 Å². The van der Waals surface area contributed by atoms with E-state index in [1.54, 1.807) is 51.1 Å². The lowest BCUT2D eigenvalue weighted by molar-refractivity contribution is -0.124. The molecule has 6 nitrogen and oxygen atoms in total. The summed E-state index contributed by atoms with van der Waals surface area (Å²) in [6, 6.07) is 11.1.